The Morgan fingerprint density at radius 2 is 1.88 bits per heavy atom. The van der Waals surface area contributed by atoms with Crippen molar-refractivity contribution >= 4 is 11.4 Å². The Morgan fingerprint density at radius 3 is 2.46 bits per heavy atom. The molecule has 0 saturated carbocycles. The normalized spacial score (nSPS) is 11.2. The lowest BCUT2D eigenvalue weighted by Gasteiger charge is -2.21. The van der Waals surface area contributed by atoms with Gasteiger partial charge in [0.1, 0.15) is 18.1 Å². The van der Waals surface area contributed by atoms with Crippen molar-refractivity contribution in [2.24, 2.45) is 5.16 Å². The zero-order valence-corrected chi connectivity index (χ0v) is 14.3. The number of benzene rings is 2. The lowest BCUT2D eigenvalue weighted by Crippen LogP contribution is -2.21. The molecule has 0 aliphatic carbocycles. The van der Waals surface area contributed by atoms with E-state index in [2.05, 4.69) is 30.5 Å². The summed E-state index contributed by atoms with van der Waals surface area (Å²) in [6.07, 6.45) is 1.63. The van der Waals surface area contributed by atoms with Crippen molar-refractivity contribution in [1.82, 2.24) is 0 Å². The van der Waals surface area contributed by atoms with Gasteiger partial charge in [-0.1, -0.05) is 48.1 Å². The Hall–Kier alpha value is -2.75. The van der Waals surface area contributed by atoms with Crippen LogP contribution in [0.1, 0.15) is 25.0 Å². The second-order valence-electron chi connectivity index (χ2n) is 5.26. The van der Waals surface area contributed by atoms with Gasteiger partial charge in [-0.05, 0) is 26.0 Å². The second-order valence-corrected chi connectivity index (χ2v) is 5.26. The van der Waals surface area contributed by atoms with Gasteiger partial charge in [0.05, 0.1) is 0 Å². The van der Waals surface area contributed by atoms with Crippen LogP contribution in [0.4, 0.5) is 5.69 Å². The summed E-state index contributed by atoms with van der Waals surface area (Å²) in [6, 6.07) is 15.3. The van der Waals surface area contributed by atoms with E-state index in [-0.39, 0.29) is 5.75 Å². The quantitative estimate of drug-likeness (QED) is 0.343. The van der Waals surface area contributed by atoms with E-state index in [1.54, 1.807) is 12.1 Å². The minimum atomic E-state index is 0.184. The van der Waals surface area contributed by atoms with E-state index in [9.17, 15) is 5.11 Å². The number of aromatic hydroxyl groups is 1. The van der Waals surface area contributed by atoms with Gasteiger partial charge in [0.2, 0.25) is 0 Å². The van der Waals surface area contributed by atoms with E-state index in [1.165, 1.54) is 0 Å². The number of rotatable bonds is 8. The number of oxime groups is 1. The molecule has 0 aliphatic rings. The molecular formula is C20H24N2O2. The van der Waals surface area contributed by atoms with Crippen molar-refractivity contribution in [2.45, 2.75) is 13.8 Å². The van der Waals surface area contributed by atoms with Gasteiger partial charge in [0.15, 0.2) is 0 Å². The average molecular weight is 324 g/mol. The van der Waals surface area contributed by atoms with Crippen LogP contribution in [-0.2, 0) is 4.84 Å². The smallest absolute Gasteiger partial charge is 0.135 e. The predicted octanol–water partition coefficient (Wildman–Crippen LogP) is 4.19. The Morgan fingerprint density at radius 1 is 1.17 bits per heavy atom. The predicted molar refractivity (Wildman–Crippen MR) is 99.9 cm³/mol. The average Bonchev–Trinajstić information content (AvgIpc) is 2.61. The van der Waals surface area contributed by atoms with E-state index < -0.39 is 0 Å². The Balaban J connectivity index is 2.43. The first-order valence-electron chi connectivity index (χ1n) is 8.15. The van der Waals surface area contributed by atoms with E-state index in [0.29, 0.717) is 17.9 Å². The third-order valence-electron chi connectivity index (χ3n) is 3.76. The maximum absolute atomic E-state index is 10.5. The highest BCUT2D eigenvalue weighted by Crippen LogP contribution is 2.27. The van der Waals surface area contributed by atoms with Crippen LogP contribution in [-0.4, -0.2) is 30.5 Å². The fourth-order valence-corrected chi connectivity index (χ4v) is 2.51. The van der Waals surface area contributed by atoms with Crippen molar-refractivity contribution in [2.75, 3.05) is 24.6 Å². The standard InChI is InChI=1S/C20H24N2O2/c1-4-14-24-21-20(16-10-8-7-9-11-16)18-13-12-17(15-19(18)23)22(5-2)6-3/h4,7-13,15,23H,1,5-6,14H2,2-3H3/b21-20+. The fraction of sp³-hybridized carbons (Fsp3) is 0.250. The van der Waals surface area contributed by atoms with Crippen molar-refractivity contribution in [3.05, 3.63) is 72.3 Å². The molecule has 0 aromatic heterocycles. The first-order valence-corrected chi connectivity index (χ1v) is 8.15. The van der Waals surface area contributed by atoms with Crippen LogP contribution in [0.2, 0.25) is 0 Å². The number of hydrogen-bond donors (Lipinski definition) is 1. The summed E-state index contributed by atoms with van der Waals surface area (Å²) in [4.78, 5) is 7.45. The number of nitrogens with zero attached hydrogens (tertiary/aromatic N) is 2. The molecule has 0 atom stereocenters. The molecule has 2 aromatic rings. The molecule has 4 nitrogen and oxygen atoms in total. The first kappa shape index (κ1) is 17.6. The van der Waals surface area contributed by atoms with Gasteiger partial charge in [-0.25, -0.2) is 0 Å². The summed E-state index contributed by atoms with van der Waals surface area (Å²) in [7, 11) is 0. The summed E-state index contributed by atoms with van der Waals surface area (Å²) in [5, 5.41) is 14.7. The minimum absolute atomic E-state index is 0.184. The van der Waals surface area contributed by atoms with Crippen molar-refractivity contribution in [3.63, 3.8) is 0 Å². The molecule has 4 heteroatoms. The summed E-state index contributed by atoms with van der Waals surface area (Å²) >= 11 is 0. The highest BCUT2D eigenvalue weighted by atomic mass is 16.6. The molecule has 0 bridgehead atoms. The van der Waals surface area contributed by atoms with Crippen LogP contribution in [0.25, 0.3) is 0 Å². The molecule has 0 aliphatic heterocycles. The molecule has 1 N–H and O–H groups in total. The molecule has 0 saturated heterocycles. The van der Waals surface area contributed by atoms with Crippen molar-refractivity contribution in [1.29, 1.82) is 0 Å². The number of phenolic OH excluding ortho intramolecular Hbond substituents is 1. The van der Waals surface area contributed by atoms with Gasteiger partial charge in [-0.15, -0.1) is 0 Å². The van der Waals surface area contributed by atoms with Gasteiger partial charge in [-0.2, -0.15) is 0 Å². The van der Waals surface area contributed by atoms with Crippen LogP contribution in [0.5, 0.6) is 5.75 Å². The van der Waals surface area contributed by atoms with Gasteiger partial charge in [0.25, 0.3) is 0 Å². The third-order valence-corrected chi connectivity index (χ3v) is 3.76. The molecule has 0 fully saturated rings. The highest BCUT2D eigenvalue weighted by molar-refractivity contribution is 6.14. The van der Waals surface area contributed by atoms with Crippen molar-refractivity contribution < 1.29 is 9.94 Å². The zero-order chi connectivity index (χ0) is 17.4. The molecule has 0 amide bonds. The van der Waals surface area contributed by atoms with Crippen LogP contribution < -0.4 is 4.90 Å². The molecule has 2 aromatic carbocycles. The zero-order valence-electron chi connectivity index (χ0n) is 14.3. The van der Waals surface area contributed by atoms with Gasteiger partial charge in [0, 0.05) is 36.0 Å². The Labute approximate surface area is 143 Å². The lowest BCUT2D eigenvalue weighted by molar-refractivity contribution is 0.175. The maximum Gasteiger partial charge on any atom is 0.135 e. The third kappa shape index (κ3) is 4.16. The molecule has 0 unspecified atom stereocenters. The topological polar surface area (TPSA) is 45.1 Å². The Kier molecular flexibility index (Phi) is 6.43. The molecule has 24 heavy (non-hydrogen) atoms. The van der Waals surface area contributed by atoms with Crippen LogP contribution in [0.15, 0.2) is 66.3 Å². The van der Waals surface area contributed by atoms with Crippen LogP contribution >= 0.6 is 0 Å². The van der Waals surface area contributed by atoms with E-state index in [4.69, 9.17) is 4.84 Å². The summed E-state index contributed by atoms with van der Waals surface area (Å²) in [5.74, 6) is 0.184. The number of phenols is 1. The lowest BCUT2D eigenvalue weighted by atomic mass is 10.0. The van der Waals surface area contributed by atoms with Crippen molar-refractivity contribution in [3.8, 4) is 5.75 Å². The summed E-state index contributed by atoms with van der Waals surface area (Å²) in [5.41, 5.74) is 3.11. The number of anilines is 1. The second kappa shape index (κ2) is 8.77. The molecule has 0 spiro atoms. The SMILES string of the molecule is C=CCO/N=C(\c1ccccc1)c1ccc(N(CC)CC)cc1O. The van der Waals surface area contributed by atoms with Gasteiger partial charge < -0.3 is 14.8 Å². The summed E-state index contributed by atoms with van der Waals surface area (Å²) < 4.78 is 0. The largest absolute Gasteiger partial charge is 0.507 e. The Bertz CT molecular complexity index is 692. The highest BCUT2D eigenvalue weighted by Gasteiger charge is 2.14. The van der Waals surface area contributed by atoms with E-state index >= 15 is 0 Å². The molecule has 2 rings (SSSR count). The maximum atomic E-state index is 10.5. The fourth-order valence-electron chi connectivity index (χ4n) is 2.51. The van der Waals surface area contributed by atoms with Crippen LogP contribution in [0.3, 0.4) is 0 Å². The molecule has 0 heterocycles. The number of hydrogen-bond acceptors (Lipinski definition) is 4. The van der Waals surface area contributed by atoms with E-state index in [1.807, 2.05) is 42.5 Å². The van der Waals surface area contributed by atoms with Gasteiger partial charge >= 0.3 is 0 Å². The summed E-state index contributed by atoms with van der Waals surface area (Å²) in [6.45, 7) is 9.89. The van der Waals surface area contributed by atoms with Gasteiger partial charge in [-0.3, -0.25) is 0 Å². The van der Waals surface area contributed by atoms with E-state index in [0.717, 1.165) is 24.3 Å². The minimum Gasteiger partial charge on any atom is -0.507 e. The molecule has 0 radical (unpaired) electrons. The monoisotopic (exact) mass is 324 g/mol. The first-order chi connectivity index (χ1) is 11.7. The molecular weight excluding hydrogens is 300 g/mol. The van der Waals surface area contributed by atoms with Crippen LogP contribution in [0, 0.1) is 0 Å². The molecule has 126 valence electrons.